The van der Waals surface area contributed by atoms with Crippen molar-refractivity contribution in [2.75, 3.05) is 18.5 Å². The molecule has 0 aromatic heterocycles. The molecule has 0 aliphatic carbocycles. The van der Waals surface area contributed by atoms with Crippen LogP contribution in [-0.4, -0.2) is 70.3 Å². The van der Waals surface area contributed by atoms with Crippen LogP contribution in [-0.2, 0) is 9.47 Å². The standard InChI is InChI=1S/C17H25NO7/c1-2-3-8-18-11-6-4-10(5-7-11)16(22)24-9-12-13(19)14(20)15(21)17(23)25-12/h4-7,12-15,17-21,23H,2-3,8-9H2,1H3/t12?,13-,14+,15?,17+/m1/s1. The van der Waals surface area contributed by atoms with Crippen molar-refractivity contribution in [1.82, 2.24) is 0 Å². The molecule has 1 heterocycles. The van der Waals surface area contributed by atoms with E-state index in [9.17, 15) is 25.2 Å². The van der Waals surface area contributed by atoms with Crippen molar-refractivity contribution in [2.45, 2.75) is 50.5 Å². The summed E-state index contributed by atoms with van der Waals surface area (Å²) in [6.07, 6.45) is -5.32. The van der Waals surface area contributed by atoms with Gasteiger partial charge in [-0.1, -0.05) is 13.3 Å². The molecule has 140 valence electrons. The fourth-order valence-electron chi connectivity index (χ4n) is 2.44. The van der Waals surface area contributed by atoms with Gasteiger partial charge in [-0.3, -0.25) is 0 Å². The second-order valence-corrected chi connectivity index (χ2v) is 5.99. The first-order valence-electron chi connectivity index (χ1n) is 8.32. The molecule has 1 aliphatic rings. The summed E-state index contributed by atoms with van der Waals surface area (Å²) in [4.78, 5) is 12.0. The molecular formula is C17H25NO7. The third kappa shape index (κ3) is 5.13. The monoisotopic (exact) mass is 355 g/mol. The van der Waals surface area contributed by atoms with Gasteiger partial charge in [-0.25, -0.2) is 4.79 Å². The van der Waals surface area contributed by atoms with Gasteiger partial charge in [0.1, 0.15) is 31.0 Å². The molecule has 0 radical (unpaired) electrons. The maximum absolute atomic E-state index is 12.0. The molecule has 8 heteroatoms. The second kappa shape index (κ2) is 9.12. The van der Waals surface area contributed by atoms with Crippen LogP contribution >= 0.6 is 0 Å². The number of unbranched alkanes of at least 4 members (excludes halogenated alkanes) is 1. The van der Waals surface area contributed by atoms with Gasteiger partial charge in [-0.2, -0.15) is 0 Å². The van der Waals surface area contributed by atoms with Crippen molar-refractivity contribution >= 4 is 11.7 Å². The second-order valence-electron chi connectivity index (χ2n) is 5.99. The number of rotatable bonds is 7. The van der Waals surface area contributed by atoms with Crippen molar-refractivity contribution in [2.24, 2.45) is 0 Å². The fraction of sp³-hybridized carbons (Fsp3) is 0.588. The Bertz CT molecular complexity index is 550. The summed E-state index contributed by atoms with van der Waals surface area (Å²) < 4.78 is 10.0. The minimum absolute atomic E-state index is 0.326. The number of aliphatic hydroxyl groups is 4. The average molecular weight is 355 g/mol. The number of carbonyl (C=O) groups excluding carboxylic acids is 1. The Kier molecular flexibility index (Phi) is 7.15. The first-order chi connectivity index (χ1) is 11.9. The van der Waals surface area contributed by atoms with E-state index in [0.29, 0.717) is 5.56 Å². The van der Waals surface area contributed by atoms with Gasteiger partial charge in [-0.15, -0.1) is 0 Å². The Labute approximate surface area is 146 Å². The lowest BCUT2D eigenvalue weighted by molar-refractivity contribution is -0.286. The van der Waals surface area contributed by atoms with Gasteiger partial charge in [0.05, 0.1) is 5.56 Å². The van der Waals surface area contributed by atoms with E-state index in [4.69, 9.17) is 9.47 Å². The van der Waals surface area contributed by atoms with E-state index >= 15 is 0 Å². The molecule has 0 spiro atoms. The summed E-state index contributed by atoms with van der Waals surface area (Å²) in [5, 5.41) is 41.5. The van der Waals surface area contributed by atoms with Gasteiger partial charge in [0.15, 0.2) is 6.29 Å². The largest absolute Gasteiger partial charge is 0.459 e. The van der Waals surface area contributed by atoms with Crippen LogP contribution in [0.25, 0.3) is 0 Å². The summed E-state index contributed by atoms with van der Waals surface area (Å²) in [5.41, 5.74) is 1.23. The molecule has 8 nitrogen and oxygen atoms in total. The Balaban J connectivity index is 1.85. The Morgan fingerprint density at radius 1 is 1.12 bits per heavy atom. The number of esters is 1. The zero-order valence-electron chi connectivity index (χ0n) is 14.0. The lowest BCUT2D eigenvalue weighted by atomic mass is 9.99. The van der Waals surface area contributed by atoms with Crippen LogP contribution in [0.2, 0.25) is 0 Å². The molecule has 1 saturated heterocycles. The Hall–Kier alpha value is -1.71. The minimum Gasteiger partial charge on any atom is -0.459 e. The maximum Gasteiger partial charge on any atom is 0.338 e. The van der Waals surface area contributed by atoms with Gasteiger partial charge >= 0.3 is 5.97 Å². The third-order valence-electron chi connectivity index (χ3n) is 4.05. The molecule has 1 aliphatic heterocycles. The molecule has 5 atom stereocenters. The van der Waals surface area contributed by atoms with Crippen LogP contribution in [0.4, 0.5) is 5.69 Å². The van der Waals surface area contributed by atoms with E-state index in [2.05, 4.69) is 12.2 Å². The Morgan fingerprint density at radius 3 is 2.44 bits per heavy atom. The molecule has 0 amide bonds. The van der Waals surface area contributed by atoms with Crippen molar-refractivity contribution in [3.8, 4) is 0 Å². The molecule has 5 N–H and O–H groups in total. The highest BCUT2D eigenvalue weighted by Gasteiger charge is 2.43. The molecule has 2 unspecified atom stereocenters. The predicted octanol–water partition coefficient (Wildman–Crippen LogP) is -0.145. The number of benzene rings is 1. The van der Waals surface area contributed by atoms with Gasteiger partial charge in [0.25, 0.3) is 0 Å². The highest BCUT2D eigenvalue weighted by Crippen LogP contribution is 2.20. The van der Waals surface area contributed by atoms with E-state index in [1.54, 1.807) is 24.3 Å². The Morgan fingerprint density at radius 2 is 1.80 bits per heavy atom. The number of carbonyl (C=O) groups is 1. The fourth-order valence-corrected chi connectivity index (χ4v) is 2.44. The van der Waals surface area contributed by atoms with Gasteiger partial charge in [0, 0.05) is 12.2 Å². The molecule has 2 rings (SSSR count). The number of aliphatic hydroxyl groups excluding tert-OH is 4. The van der Waals surface area contributed by atoms with Gasteiger partial charge in [0.2, 0.25) is 0 Å². The first-order valence-corrected chi connectivity index (χ1v) is 8.32. The highest BCUT2D eigenvalue weighted by molar-refractivity contribution is 5.89. The molecule has 1 aromatic carbocycles. The third-order valence-corrected chi connectivity index (χ3v) is 4.05. The summed E-state index contributed by atoms with van der Waals surface area (Å²) in [6.45, 7) is 2.59. The van der Waals surface area contributed by atoms with Crippen molar-refractivity contribution < 1.29 is 34.7 Å². The summed E-state index contributed by atoms with van der Waals surface area (Å²) in [7, 11) is 0. The quantitative estimate of drug-likeness (QED) is 0.338. The lowest BCUT2D eigenvalue weighted by Gasteiger charge is -2.37. The van der Waals surface area contributed by atoms with Gasteiger partial charge < -0.3 is 35.2 Å². The van der Waals surface area contributed by atoms with Crippen molar-refractivity contribution in [3.63, 3.8) is 0 Å². The van der Waals surface area contributed by atoms with Crippen molar-refractivity contribution in [1.29, 1.82) is 0 Å². The zero-order chi connectivity index (χ0) is 18.4. The first kappa shape index (κ1) is 19.6. The number of nitrogens with one attached hydrogen (secondary N) is 1. The summed E-state index contributed by atoms with van der Waals surface area (Å²) in [6, 6.07) is 6.76. The van der Waals surface area contributed by atoms with E-state index in [-0.39, 0.29) is 6.61 Å². The van der Waals surface area contributed by atoms with Crippen LogP contribution in [0.5, 0.6) is 0 Å². The average Bonchev–Trinajstić information content (AvgIpc) is 2.62. The van der Waals surface area contributed by atoms with E-state index in [1.165, 1.54) is 0 Å². The lowest BCUT2D eigenvalue weighted by Crippen LogP contribution is -2.58. The van der Waals surface area contributed by atoms with Crippen LogP contribution in [0, 0.1) is 0 Å². The number of anilines is 1. The minimum atomic E-state index is -1.66. The summed E-state index contributed by atoms with van der Waals surface area (Å²) >= 11 is 0. The molecule has 1 aromatic rings. The predicted molar refractivity (Wildman–Crippen MR) is 89.0 cm³/mol. The molecule has 25 heavy (non-hydrogen) atoms. The number of hydrogen-bond donors (Lipinski definition) is 5. The van der Waals surface area contributed by atoms with E-state index < -0.39 is 36.7 Å². The van der Waals surface area contributed by atoms with Crippen LogP contribution in [0.3, 0.4) is 0 Å². The molecular weight excluding hydrogens is 330 g/mol. The summed E-state index contributed by atoms with van der Waals surface area (Å²) in [5.74, 6) is -0.619. The van der Waals surface area contributed by atoms with Crippen LogP contribution in [0.15, 0.2) is 24.3 Å². The zero-order valence-corrected chi connectivity index (χ0v) is 14.0. The van der Waals surface area contributed by atoms with Crippen LogP contribution in [0.1, 0.15) is 30.1 Å². The van der Waals surface area contributed by atoms with Gasteiger partial charge in [-0.05, 0) is 30.7 Å². The van der Waals surface area contributed by atoms with E-state index in [1.807, 2.05) is 0 Å². The van der Waals surface area contributed by atoms with Crippen LogP contribution < -0.4 is 5.32 Å². The van der Waals surface area contributed by atoms with Crippen molar-refractivity contribution in [3.05, 3.63) is 29.8 Å². The van der Waals surface area contributed by atoms with E-state index in [0.717, 1.165) is 25.1 Å². The normalized spacial score (nSPS) is 29.2. The maximum atomic E-state index is 12.0. The number of ether oxygens (including phenoxy) is 2. The molecule has 0 saturated carbocycles. The molecule has 0 bridgehead atoms. The smallest absolute Gasteiger partial charge is 0.338 e. The number of hydrogen-bond acceptors (Lipinski definition) is 8. The molecule has 1 fully saturated rings. The SMILES string of the molecule is CCCCNc1ccc(C(=O)OCC2O[C@H](O)C(O)[C@@H](O)[C@@H]2O)cc1. The topological polar surface area (TPSA) is 128 Å². The highest BCUT2D eigenvalue weighted by atomic mass is 16.6.